The first-order valence-corrected chi connectivity index (χ1v) is 9.95. The van der Waals surface area contributed by atoms with Crippen molar-refractivity contribution in [2.75, 3.05) is 25.5 Å². The zero-order valence-electron chi connectivity index (χ0n) is 16.7. The van der Waals surface area contributed by atoms with Crippen molar-refractivity contribution < 1.29 is 9.53 Å². The first-order valence-electron chi connectivity index (χ1n) is 9.95. The number of nitrogens with zero attached hydrogens (tertiary/aromatic N) is 2. The third-order valence-corrected chi connectivity index (χ3v) is 5.78. The average molecular weight is 394 g/mol. The summed E-state index contributed by atoms with van der Waals surface area (Å²) in [7, 11) is 1.59. The van der Waals surface area contributed by atoms with Crippen LogP contribution in [-0.2, 0) is 4.79 Å². The lowest BCUT2D eigenvalue weighted by atomic mass is 10.0. The number of likely N-dealkylation sites (tertiary alicyclic amines) is 1. The molecule has 2 heterocycles. The van der Waals surface area contributed by atoms with Gasteiger partial charge in [0.15, 0.2) is 0 Å². The molecule has 2 N–H and O–H groups in total. The molecule has 3 aromatic rings. The molecule has 4 rings (SSSR count). The Morgan fingerprint density at radius 3 is 2.59 bits per heavy atom. The van der Waals surface area contributed by atoms with Crippen molar-refractivity contribution in [2.24, 2.45) is 0 Å². The minimum absolute atomic E-state index is 0.0581. The van der Waals surface area contributed by atoms with Crippen LogP contribution in [0.25, 0.3) is 11.0 Å². The van der Waals surface area contributed by atoms with Crippen LogP contribution in [0.1, 0.15) is 25.8 Å². The Hall–Kier alpha value is -3.06. The number of amides is 1. The molecule has 0 aliphatic carbocycles. The van der Waals surface area contributed by atoms with E-state index >= 15 is 0 Å². The highest BCUT2D eigenvalue weighted by Crippen LogP contribution is 2.27. The Labute approximate surface area is 169 Å². The lowest BCUT2D eigenvalue weighted by Crippen LogP contribution is -2.46. The highest BCUT2D eigenvalue weighted by Gasteiger charge is 2.29. The highest BCUT2D eigenvalue weighted by molar-refractivity contribution is 5.95. The second-order valence-corrected chi connectivity index (χ2v) is 7.45. The van der Waals surface area contributed by atoms with E-state index in [9.17, 15) is 9.59 Å². The van der Waals surface area contributed by atoms with Crippen LogP contribution >= 0.6 is 0 Å². The molecule has 1 fully saturated rings. The molecule has 7 heteroatoms. The molecule has 2 aromatic carbocycles. The minimum atomic E-state index is -0.263. The van der Waals surface area contributed by atoms with Crippen LogP contribution in [0.2, 0.25) is 0 Å². The summed E-state index contributed by atoms with van der Waals surface area (Å²) in [6.45, 7) is 3.44. The smallest absolute Gasteiger partial charge is 0.326 e. The van der Waals surface area contributed by atoms with Gasteiger partial charge in [0.1, 0.15) is 5.75 Å². The highest BCUT2D eigenvalue weighted by atomic mass is 16.5. The quantitative estimate of drug-likeness (QED) is 0.697. The van der Waals surface area contributed by atoms with Crippen LogP contribution in [0.15, 0.2) is 53.3 Å². The maximum Gasteiger partial charge on any atom is 0.326 e. The van der Waals surface area contributed by atoms with Gasteiger partial charge in [-0.2, -0.15) is 0 Å². The molecule has 0 spiro atoms. The van der Waals surface area contributed by atoms with Gasteiger partial charge in [-0.05, 0) is 44.0 Å². The molecular weight excluding hydrogens is 368 g/mol. The maximum atomic E-state index is 12.8. The molecule has 0 bridgehead atoms. The number of hydrogen-bond acceptors (Lipinski definition) is 4. The second kappa shape index (κ2) is 8.13. The number of methoxy groups -OCH3 is 1. The number of aromatic nitrogens is 2. The van der Waals surface area contributed by atoms with Crippen molar-refractivity contribution in [3.8, 4) is 5.75 Å². The van der Waals surface area contributed by atoms with Crippen molar-refractivity contribution in [2.45, 2.75) is 31.8 Å². The zero-order valence-corrected chi connectivity index (χ0v) is 16.7. The number of nitrogens with one attached hydrogen (secondary N) is 2. The van der Waals surface area contributed by atoms with E-state index in [0.717, 1.165) is 37.0 Å². The van der Waals surface area contributed by atoms with Crippen molar-refractivity contribution in [1.82, 2.24) is 14.5 Å². The van der Waals surface area contributed by atoms with Gasteiger partial charge in [-0.15, -0.1) is 0 Å². The summed E-state index contributed by atoms with van der Waals surface area (Å²) < 4.78 is 7.18. The molecule has 1 atom stereocenters. The molecule has 7 nitrogen and oxygen atoms in total. The number of H-pyrrole nitrogens is 1. The van der Waals surface area contributed by atoms with E-state index in [1.165, 1.54) is 0 Å². The van der Waals surface area contributed by atoms with E-state index in [4.69, 9.17) is 4.74 Å². The Balaban J connectivity index is 1.42. The van der Waals surface area contributed by atoms with E-state index in [-0.39, 0.29) is 23.7 Å². The topological polar surface area (TPSA) is 79.4 Å². The summed E-state index contributed by atoms with van der Waals surface area (Å²) in [5.41, 5.74) is 2.42. The van der Waals surface area contributed by atoms with Gasteiger partial charge in [-0.3, -0.25) is 14.3 Å². The van der Waals surface area contributed by atoms with Crippen molar-refractivity contribution in [3.05, 3.63) is 59.0 Å². The number of carbonyl (C=O) groups excluding carboxylic acids is 1. The van der Waals surface area contributed by atoms with Crippen LogP contribution in [0.4, 0.5) is 5.69 Å². The summed E-state index contributed by atoms with van der Waals surface area (Å²) in [4.78, 5) is 30.3. The summed E-state index contributed by atoms with van der Waals surface area (Å²) in [5, 5.41) is 2.96. The fraction of sp³-hybridized carbons (Fsp3) is 0.364. The van der Waals surface area contributed by atoms with E-state index in [1.54, 1.807) is 7.11 Å². The van der Waals surface area contributed by atoms with Crippen molar-refractivity contribution in [3.63, 3.8) is 0 Å². The van der Waals surface area contributed by atoms with E-state index in [1.807, 2.05) is 60.0 Å². The van der Waals surface area contributed by atoms with Gasteiger partial charge < -0.3 is 15.0 Å². The molecule has 1 saturated heterocycles. The van der Waals surface area contributed by atoms with Gasteiger partial charge in [-0.25, -0.2) is 4.79 Å². The van der Waals surface area contributed by atoms with Gasteiger partial charge in [-0.1, -0.05) is 24.3 Å². The fourth-order valence-electron chi connectivity index (χ4n) is 4.12. The largest absolute Gasteiger partial charge is 0.495 e. The van der Waals surface area contributed by atoms with Crippen LogP contribution < -0.4 is 15.7 Å². The normalized spacial score (nSPS) is 16.6. The SMILES string of the molecule is COc1ccccc1NC(=O)[C@H](C)N1CCC(n2c(=O)[nH]c3ccccc32)CC1. The van der Waals surface area contributed by atoms with E-state index in [2.05, 4.69) is 15.2 Å². The number of aromatic amines is 1. The molecule has 0 saturated carbocycles. The predicted octanol–water partition coefficient (Wildman–Crippen LogP) is 3.00. The number of ether oxygens (including phenoxy) is 1. The number of hydrogen-bond donors (Lipinski definition) is 2. The molecule has 1 aromatic heterocycles. The first kappa shape index (κ1) is 19.3. The molecule has 1 amide bonds. The third kappa shape index (κ3) is 3.78. The Morgan fingerprint density at radius 2 is 1.83 bits per heavy atom. The number of piperidine rings is 1. The molecule has 1 aliphatic rings. The van der Waals surface area contributed by atoms with Gasteiger partial charge >= 0.3 is 5.69 Å². The Kier molecular flexibility index (Phi) is 5.40. The second-order valence-electron chi connectivity index (χ2n) is 7.45. The number of anilines is 1. The standard InChI is InChI=1S/C22H26N4O3/c1-15(21(27)23-18-8-4-6-10-20(18)29-2)25-13-11-16(12-14-25)26-19-9-5-3-7-17(19)24-22(26)28/h3-10,15-16H,11-14H2,1-2H3,(H,23,27)(H,24,28)/t15-/m0/s1. The zero-order chi connectivity index (χ0) is 20.4. The van der Waals surface area contributed by atoms with Gasteiger partial charge in [0.25, 0.3) is 0 Å². The number of fused-ring (bicyclic) bond motifs is 1. The Morgan fingerprint density at radius 1 is 1.14 bits per heavy atom. The monoisotopic (exact) mass is 394 g/mol. The number of benzene rings is 2. The number of imidazole rings is 1. The van der Waals surface area contributed by atoms with Crippen LogP contribution in [0.5, 0.6) is 5.75 Å². The maximum absolute atomic E-state index is 12.8. The molecule has 0 unspecified atom stereocenters. The van der Waals surface area contributed by atoms with Gasteiger partial charge in [0, 0.05) is 19.1 Å². The minimum Gasteiger partial charge on any atom is -0.495 e. The summed E-state index contributed by atoms with van der Waals surface area (Å²) in [6, 6.07) is 15.0. The molecular formula is C22H26N4O3. The number of para-hydroxylation sites is 4. The summed E-state index contributed by atoms with van der Waals surface area (Å²) in [6.07, 6.45) is 1.65. The summed E-state index contributed by atoms with van der Waals surface area (Å²) >= 11 is 0. The third-order valence-electron chi connectivity index (χ3n) is 5.78. The van der Waals surface area contributed by atoms with Crippen molar-refractivity contribution in [1.29, 1.82) is 0 Å². The lowest BCUT2D eigenvalue weighted by Gasteiger charge is -2.35. The first-order chi connectivity index (χ1) is 14.1. The van der Waals surface area contributed by atoms with Gasteiger partial charge in [0.05, 0.1) is 29.9 Å². The lowest BCUT2D eigenvalue weighted by molar-refractivity contribution is -0.121. The van der Waals surface area contributed by atoms with Crippen molar-refractivity contribution >= 4 is 22.6 Å². The van der Waals surface area contributed by atoms with Gasteiger partial charge in [0.2, 0.25) is 5.91 Å². The van der Waals surface area contributed by atoms with E-state index in [0.29, 0.717) is 11.4 Å². The number of carbonyl (C=O) groups is 1. The van der Waals surface area contributed by atoms with Crippen LogP contribution in [0.3, 0.4) is 0 Å². The number of rotatable bonds is 5. The molecule has 0 radical (unpaired) electrons. The molecule has 29 heavy (non-hydrogen) atoms. The average Bonchev–Trinajstić information content (AvgIpc) is 3.09. The van der Waals surface area contributed by atoms with E-state index < -0.39 is 0 Å². The Bertz CT molecular complexity index is 1060. The molecule has 152 valence electrons. The van der Waals surface area contributed by atoms with Crippen LogP contribution in [0, 0.1) is 0 Å². The summed E-state index contributed by atoms with van der Waals surface area (Å²) in [5.74, 6) is 0.586. The predicted molar refractivity (Wildman–Crippen MR) is 113 cm³/mol. The molecule has 1 aliphatic heterocycles. The van der Waals surface area contributed by atoms with Crippen LogP contribution in [-0.4, -0.2) is 46.6 Å². The fourth-order valence-corrected chi connectivity index (χ4v) is 4.12.